The molecule has 0 spiro atoms. The zero-order chi connectivity index (χ0) is 36.2. The summed E-state index contributed by atoms with van der Waals surface area (Å²) >= 11 is -4.24. The van der Waals surface area contributed by atoms with E-state index in [9.17, 15) is 0 Å². The Bertz CT molecular complexity index is 1330. The van der Waals surface area contributed by atoms with Crippen LogP contribution in [0.4, 0.5) is 11.4 Å². The molecule has 3 rings (SSSR count). The predicted molar refractivity (Wildman–Crippen MR) is 223 cm³/mol. The van der Waals surface area contributed by atoms with Crippen LogP contribution in [-0.4, -0.2) is 63.5 Å². The Morgan fingerprint density at radius 2 is 0.830 bits per heavy atom. The van der Waals surface area contributed by atoms with Gasteiger partial charge in [-0.3, -0.25) is 0 Å². The minimum absolute atomic E-state index is 0.366. The summed E-state index contributed by atoms with van der Waals surface area (Å²) in [6.07, 6.45) is 0. The normalized spacial score (nSPS) is 17.1. The van der Waals surface area contributed by atoms with Crippen molar-refractivity contribution in [2.45, 2.75) is 158 Å². The number of hydrogen-bond acceptors (Lipinski definition) is 4. The van der Waals surface area contributed by atoms with Crippen molar-refractivity contribution < 1.29 is 3.07 Å². The van der Waals surface area contributed by atoms with E-state index in [0.29, 0.717) is 23.7 Å². The van der Waals surface area contributed by atoms with Gasteiger partial charge in [-0.25, -0.2) is 0 Å². The molecule has 0 amide bonds. The fourth-order valence-electron chi connectivity index (χ4n) is 8.27. The van der Waals surface area contributed by atoms with Crippen LogP contribution < -0.4 is 3.12 Å². The molecule has 10 heteroatoms. The third-order valence-corrected chi connectivity index (χ3v) is 60.8. The van der Waals surface area contributed by atoms with Crippen LogP contribution in [0.25, 0.3) is 0 Å². The molecule has 0 aliphatic carbocycles. The van der Waals surface area contributed by atoms with Crippen LogP contribution in [0, 0.1) is 0 Å². The van der Waals surface area contributed by atoms with Crippen molar-refractivity contribution in [2.24, 2.45) is 4.99 Å². The van der Waals surface area contributed by atoms with Gasteiger partial charge in [0.15, 0.2) is 0 Å². The number of aliphatic imine (C=N–C) groups is 1. The Balaban J connectivity index is 2.72. The Morgan fingerprint density at radius 3 is 1.11 bits per heavy atom. The molecule has 1 saturated heterocycles. The summed E-state index contributed by atoms with van der Waals surface area (Å²) in [6.45, 7) is 49.6. The molecule has 1 aliphatic rings. The summed E-state index contributed by atoms with van der Waals surface area (Å²) in [5.41, 5.74) is 7.97. The van der Waals surface area contributed by atoms with E-state index in [1.54, 1.807) is 0 Å². The molecule has 1 heterocycles. The summed E-state index contributed by atoms with van der Waals surface area (Å²) in [4.78, 5) is 5.73. The second-order valence-electron chi connectivity index (χ2n) is 18.9. The minimum atomic E-state index is -4.24. The SMILES string of the molecule is CC(C)c1cccc(C(C)C)c1N=C1[O][Sn]([N]([Si](C)(C)C)[Si](C)(C)C)([N]([Si](C)(C)C)[Si](C)(C)C)[N]1c1c(C(C)C)cccc1C(C)C. The van der Waals surface area contributed by atoms with Gasteiger partial charge in [0.25, 0.3) is 0 Å². The molecule has 0 N–H and O–H groups in total. The standard InChI is InChI=1S/C25H35N2O.2C6H18NSi2.Sn/c1-15(2)19-11-9-12-20(16(3)4)23(19)26-25(28)27-24-21(17(5)6)13-10-14-22(24)18(7)8;2*1-8(2,3)7-9(4,5)6;/h9-18H,1-8H3,(H-,26,27,28);2*1-6H3;/q3*-1;+4/p-1. The molecule has 0 unspecified atom stereocenters. The van der Waals surface area contributed by atoms with Gasteiger partial charge in [0, 0.05) is 0 Å². The van der Waals surface area contributed by atoms with E-state index in [1.807, 2.05) is 0 Å². The summed E-state index contributed by atoms with van der Waals surface area (Å²) in [5.74, 6) is 1.49. The van der Waals surface area contributed by atoms with Gasteiger partial charge in [-0.15, -0.1) is 0 Å². The Morgan fingerprint density at radius 1 is 0.532 bits per heavy atom. The quantitative estimate of drug-likeness (QED) is 0.200. The average Bonchev–Trinajstić information content (AvgIpc) is 2.84. The Hall–Kier alpha value is -0.704. The third kappa shape index (κ3) is 8.11. The van der Waals surface area contributed by atoms with E-state index in [4.69, 9.17) is 8.07 Å². The van der Waals surface area contributed by atoms with Crippen molar-refractivity contribution in [1.82, 2.24) is 4.91 Å². The van der Waals surface area contributed by atoms with E-state index in [1.165, 1.54) is 27.9 Å². The molecule has 0 bridgehead atoms. The number of anilines is 1. The number of benzene rings is 2. The zero-order valence-corrected chi connectivity index (χ0v) is 40.8. The van der Waals surface area contributed by atoms with Gasteiger partial charge in [-0.05, 0) is 0 Å². The number of rotatable bonds is 12. The predicted octanol–water partition coefficient (Wildman–Crippen LogP) is 12.1. The number of nitrogens with zero attached hydrogens (tertiary/aromatic N) is 4. The van der Waals surface area contributed by atoms with Gasteiger partial charge < -0.3 is 0 Å². The molecule has 2 aromatic rings. The summed E-state index contributed by atoms with van der Waals surface area (Å²) in [7, 11) is -7.68. The molecule has 0 atom stereocenters. The van der Waals surface area contributed by atoms with Crippen LogP contribution >= 0.6 is 0 Å². The molecule has 0 aromatic heterocycles. The molecular weight excluding hydrogens is 747 g/mol. The second-order valence-corrected chi connectivity index (χ2v) is 51.8. The van der Waals surface area contributed by atoms with Gasteiger partial charge >= 0.3 is 302 Å². The first-order chi connectivity index (χ1) is 21.2. The van der Waals surface area contributed by atoms with Gasteiger partial charge in [0.1, 0.15) is 0 Å². The van der Waals surface area contributed by atoms with Gasteiger partial charge in [-0.2, -0.15) is 0 Å². The molecule has 264 valence electrons. The first-order valence-electron chi connectivity index (χ1n) is 18.1. The number of para-hydroxylation sites is 2. The summed E-state index contributed by atoms with van der Waals surface area (Å²) in [6, 6.07) is 14.7. The average molecular weight is 818 g/mol. The molecule has 47 heavy (non-hydrogen) atoms. The van der Waals surface area contributed by atoms with Crippen molar-refractivity contribution >= 4 is 69.9 Å². The molecule has 2 aromatic carbocycles. The van der Waals surface area contributed by atoms with Gasteiger partial charge in [0.05, 0.1) is 0 Å². The van der Waals surface area contributed by atoms with Gasteiger partial charge in [0.2, 0.25) is 0 Å². The van der Waals surface area contributed by atoms with Crippen molar-refractivity contribution in [3.05, 3.63) is 58.7 Å². The summed E-state index contributed by atoms with van der Waals surface area (Å²) in [5, 5.41) is 0. The third-order valence-electron chi connectivity index (χ3n) is 9.09. The first-order valence-corrected chi connectivity index (χ1v) is 36.9. The maximum absolute atomic E-state index is 7.94. The van der Waals surface area contributed by atoms with E-state index in [-0.39, 0.29) is 0 Å². The van der Waals surface area contributed by atoms with Crippen LogP contribution in [0.5, 0.6) is 0 Å². The fourth-order valence-corrected chi connectivity index (χ4v) is 72.9. The van der Waals surface area contributed by atoms with E-state index in [0.717, 1.165) is 11.7 Å². The summed E-state index contributed by atoms with van der Waals surface area (Å²) < 4.78 is 17.1. The van der Waals surface area contributed by atoms with Crippen LogP contribution in [0.2, 0.25) is 78.6 Å². The van der Waals surface area contributed by atoms with E-state index in [2.05, 4.69) is 178 Å². The Labute approximate surface area is 300 Å². The maximum atomic E-state index is 7.94. The van der Waals surface area contributed by atoms with Crippen LogP contribution in [0.1, 0.15) is 101 Å². The van der Waals surface area contributed by atoms with E-state index >= 15 is 0 Å². The van der Waals surface area contributed by atoms with Crippen molar-refractivity contribution in [3.63, 3.8) is 0 Å². The first kappa shape index (κ1) is 40.7. The monoisotopic (exact) mass is 818 g/mol. The van der Waals surface area contributed by atoms with Gasteiger partial charge in [-0.1, -0.05) is 0 Å². The molecule has 1 fully saturated rings. The topological polar surface area (TPSA) is 31.3 Å². The van der Waals surface area contributed by atoms with Crippen LogP contribution in [-0.2, 0) is 3.07 Å². The second kappa shape index (κ2) is 14.1. The number of hydrogen-bond donors (Lipinski definition) is 0. The van der Waals surface area contributed by atoms with Crippen LogP contribution in [0.15, 0.2) is 41.4 Å². The number of amidine groups is 1. The van der Waals surface area contributed by atoms with Crippen molar-refractivity contribution in [1.29, 1.82) is 0 Å². The van der Waals surface area contributed by atoms with Crippen LogP contribution in [0.3, 0.4) is 0 Å². The molecule has 0 saturated carbocycles. The Kier molecular flexibility index (Phi) is 12.2. The zero-order valence-electron chi connectivity index (χ0n) is 34.0. The molecule has 0 radical (unpaired) electrons. The van der Waals surface area contributed by atoms with Crippen molar-refractivity contribution in [3.8, 4) is 0 Å². The van der Waals surface area contributed by atoms with Crippen molar-refractivity contribution in [2.75, 3.05) is 3.12 Å². The molecular formula is C37H70N4OSi4Sn. The molecule has 5 nitrogen and oxygen atoms in total. The fraction of sp³-hybridized carbons (Fsp3) is 0.649. The molecule has 1 aliphatic heterocycles. The van der Waals surface area contributed by atoms with E-state index < -0.39 is 52.6 Å².